The Morgan fingerprint density at radius 3 is 2.82 bits per heavy atom. The van der Waals surface area contributed by atoms with E-state index < -0.39 is 5.60 Å². The van der Waals surface area contributed by atoms with Crippen LogP contribution in [-0.4, -0.2) is 34.2 Å². The molecule has 8 heteroatoms. The fraction of sp³-hybridized carbons (Fsp3) is 0.400. The van der Waals surface area contributed by atoms with Gasteiger partial charge in [0.05, 0.1) is 11.3 Å². The second-order valence-corrected chi connectivity index (χ2v) is 8.96. The largest absolute Gasteiger partial charge is 0.480 e. The van der Waals surface area contributed by atoms with Gasteiger partial charge in [-0.05, 0) is 62.3 Å². The van der Waals surface area contributed by atoms with Crippen molar-refractivity contribution in [3.05, 3.63) is 64.1 Å². The van der Waals surface area contributed by atoms with Crippen molar-refractivity contribution < 1.29 is 19.1 Å². The van der Waals surface area contributed by atoms with Gasteiger partial charge < -0.3 is 24.9 Å². The van der Waals surface area contributed by atoms with Gasteiger partial charge in [0.15, 0.2) is 18.2 Å². The van der Waals surface area contributed by atoms with Gasteiger partial charge in [0.25, 0.3) is 5.91 Å². The van der Waals surface area contributed by atoms with Crippen molar-refractivity contribution in [2.75, 3.05) is 11.9 Å². The van der Waals surface area contributed by atoms with Crippen LogP contribution in [-0.2, 0) is 17.8 Å². The van der Waals surface area contributed by atoms with Crippen LogP contribution < -0.4 is 21.0 Å². The van der Waals surface area contributed by atoms with Gasteiger partial charge in [0, 0.05) is 24.0 Å². The Labute approximate surface area is 191 Å². The summed E-state index contributed by atoms with van der Waals surface area (Å²) in [5.74, 6) is 0.858. The number of rotatable bonds is 6. The lowest BCUT2D eigenvalue weighted by Gasteiger charge is -2.36. The summed E-state index contributed by atoms with van der Waals surface area (Å²) in [5.41, 5.74) is 1.32. The molecule has 2 aliphatic rings. The molecule has 5 rings (SSSR count). The highest BCUT2D eigenvalue weighted by atomic mass is 16.5. The molecule has 1 saturated carbocycles. The standard InChI is InChI=1S/C25H27N3O5/c29-21-15-32-20-6-5-19(27-24(20)28-21)14-26-18-9-12-25(31,13-10-18)11-8-17-3-1-2-16-4-7-22(30)33-23(16)17/h1-7,18,26,31H,8-15H2,(H,27,28,29)/t18-,25+. The summed E-state index contributed by atoms with van der Waals surface area (Å²) >= 11 is 0. The molecule has 8 nitrogen and oxygen atoms in total. The first-order valence-electron chi connectivity index (χ1n) is 11.4. The summed E-state index contributed by atoms with van der Waals surface area (Å²) in [4.78, 5) is 27.6. The maximum atomic E-state index is 11.6. The molecule has 172 valence electrons. The zero-order valence-electron chi connectivity index (χ0n) is 18.3. The highest BCUT2D eigenvalue weighted by Gasteiger charge is 2.33. The van der Waals surface area contributed by atoms with Crippen LogP contribution in [0.3, 0.4) is 0 Å². The van der Waals surface area contributed by atoms with Gasteiger partial charge in [-0.15, -0.1) is 0 Å². The van der Waals surface area contributed by atoms with E-state index in [1.807, 2.05) is 30.3 Å². The summed E-state index contributed by atoms with van der Waals surface area (Å²) in [6.45, 7) is 0.605. The predicted octanol–water partition coefficient (Wildman–Crippen LogP) is 2.92. The van der Waals surface area contributed by atoms with E-state index in [2.05, 4.69) is 15.6 Å². The number of benzene rings is 1. The Morgan fingerprint density at radius 1 is 1.12 bits per heavy atom. The Balaban J connectivity index is 1.14. The number of hydrogen-bond acceptors (Lipinski definition) is 7. The molecule has 0 bridgehead atoms. The van der Waals surface area contributed by atoms with Gasteiger partial charge in [0.2, 0.25) is 0 Å². The first-order valence-corrected chi connectivity index (χ1v) is 11.4. The maximum absolute atomic E-state index is 11.6. The van der Waals surface area contributed by atoms with Crippen LogP contribution in [0.25, 0.3) is 11.0 Å². The van der Waals surface area contributed by atoms with Gasteiger partial charge in [-0.1, -0.05) is 18.2 Å². The molecule has 3 heterocycles. The van der Waals surface area contributed by atoms with Crippen LogP contribution >= 0.6 is 0 Å². The molecule has 1 aromatic carbocycles. The number of carbonyl (C=O) groups excluding carboxylic acids is 1. The fourth-order valence-corrected chi connectivity index (χ4v) is 4.68. The van der Waals surface area contributed by atoms with E-state index in [4.69, 9.17) is 9.15 Å². The third-order valence-electron chi connectivity index (χ3n) is 6.61. The SMILES string of the molecule is O=C1COc2ccc(CN[C@H]3CC[C@](O)(CCc4cccc5ccc(=O)oc45)CC3)nc2N1. The second-order valence-electron chi connectivity index (χ2n) is 8.96. The molecule has 3 N–H and O–H groups in total. The number of carbonyl (C=O) groups is 1. The van der Waals surface area contributed by atoms with Crippen LogP contribution in [0.1, 0.15) is 43.4 Å². The zero-order valence-corrected chi connectivity index (χ0v) is 18.3. The van der Waals surface area contributed by atoms with Gasteiger partial charge in [-0.25, -0.2) is 9.78 Å². The number of pyridine rings is 1. The van der Waals surface area contributed by atoms with Crippen LogP contribution in [0.2, 0.25) is 0 Å². The molecule has 3 aromatic rings. The van der Waals surface area contributed by atoms with Gasteiger partial charge in [-0.2, -0.15) is 0 Å². The van der Waals surface area contributed by atoms with Crippen LogP contribution in [0, 0.1) is 0 Å². The second kappa shape index (κ2) is 8.96. The van der Waals surface area contributed by atoms with Crippen molar-refractivity contribution >= 4 is 22.7 Å². The fourth-order valence-electron chi connectivity index (χ4n) is 4.68. The molecule has 0 atom stereocenters. The van der Waals surface area contributed by atoms with Crippen molar-refractivity contribution in [3.8, 4) is 5.75 Å². The number of fused-ring (bicyclic) bond motifs is 2. The highest BCUT2D eigenvalue weighted by Crippen LogP contribution is 2.33. The number of aromatic nitrogens is 1. The van der Waals surface area contributed by atoms with Crippen LogP contribution in [0.5, 0.6) is 5.75 Å². The highest BCUT2D eigenvalue weighted by molar-refractivity contribution is 5.94. The van der Waals surface area contributed by atoms with Crippen molar-refractivity contribution in [2.45, 2.75) is 56.7 Å². The zero-order chi connectivity index (χ0) is 22.8. The molecule has 1 aliphatic heterocycles. The molecular formula is C25H27N3O5. The molecule has 1 amide bonds. The summed E-state index contributed by atoms with van der Waals surface area (Å²) in [7, 11) is 0. The monoisotopic (exact) mass is 449 g/mol. The Kier molecular flexibility index (Phi) is 5.86. The van der Waals surface area contributed by atoms with Gasteiger partial charge >= 0.3 is 5.63 Å². The molecule has 2 aromatic heterocycles. The quantitative estimate of drug-likeness (QED) is 0.496. The predicted molar refractivity (Wildman–Crippen MR) is 123 cm³/mol. The van der Waals surface area contributed by atoms with Crippen molar-refractivity contribution in [1.82, 2.24) is 10.3 Å². The molecule has 33 heavy (non-hydrogen) atoms. The summed E-state index contributed by atoms with van der Waals surface area (Å²) in [6, 6.07) is 13.1. The van der Waals surface area contributed by atoms with E-state index in [1.165, 1.54) is 6.07 Å². The summed E-state index contributed by atoms with van der Waals surface area (Å²) in [6.07, 6.45) is 4.44. The topological polar surface area (TPSA) is 114 Å². The first kappa shape index (κ1) is 21.6. The van der Waals surface area contributed by atoms with Gasteiger partial charge in [-0.3, -0.25) is 4.79 Å². The average molecular weight is 450 g/mol. The number of nitrogens with zero attached hydrogens (tertiary/aromatic N) is 1. The molecule has 0 unspecified atom stereocenters. The third-order valence-corrected chi connectivity index (χ3v) is 6.61. The smallest absolute Gasteiger partial charge is 0.336 e. The Morgan fingerprint density at radius 2 is 1.97 bits per heavy atom. The van der Waals surface area contributed by atoms with E-state index in [0.29, 0.717) is 55.4 Å². The third kappa shape index (κ3) is 4.91. The lowest BCUT2D eigenvalue weighted by atomic mass is 9.78. The molecule has 0 radical (unpaired) electrons. The minimum absolute atomic E-state index is 0.0200. The minimum atomic E-state index is -0.721. The van der Waals surface area contributed by atoms with Crippen LogP contribution in [0.15, 0.2) is 51.7 Å². The van der Waals surface area contributed by atoms with Crippen LogP contribution in [0.4, 0.5) is 5.82 Å². The van der Waals surface area contributed by atoms with E-state index >= 15 is 0 Å². The summed E-state index contributed by atoms with van der Waals surface area (Å²) in [5, 5.41) is 18.3. The lowest BCUT2D eigenvalue weighted by Crippen LogP contribution is -2.41. The van der Waals surface area contributed by atoms with E-state index in [1.54, 1.807) is 6.07 Å². The molecule has 1 fully saturated rings. The van der Waals surface area contributed by atoms with Gasteiger partial charge in [0.1, 0.15) is 5.58 Å². The Bertz CT molecular complexity index is 1230. The van der Waals surface area contributed by atoms with Crippen molar-refractivity contribution in [2.24, 2.45) is 0 Å². The number of para-hydroxylation sites is 1. The first-order chi connectivity index (χ1) is 16.0. The number of nitrogens with one attached hydrogen (secondary N) is 2. The number of aryl methyl sites for hydroxylation is 1. The van der Waals surface area contributed by atoms with E-state index in [-0.39, 0.29) is 18.1 Å². The molecule has 0 spiro atoms. The molecular weight excluding hydrogens is 422 g/mol. The Hall–Kier alpha value is -3.23. The molecule has 1 aliphatic carbocycles. The lowest BCUT2D eigenvalue weighted by molar-refractivity contribution is -0.118. The number of amides is 1. The summed E-state index contributed by atoms with van der Waals surface area (Å²) < 4.78 is 10.8. The maximum Gasteiger partial charge on any atom is 0.336 e. The average Bonchev–Trinajstić information content (AvgIpc) is 2.82. The number of anilines is 1. The number of ether oxygens (including phenoxy) is 1. The van der Waals surface area contributed by atoms with Crippen molar-refractivity contribution in [1.29, 1.82) is 0 Å². The normalized spacial score (nSPS) is 22.5. The molecule has 0 saturated heterocycles. The number of aliphatic hydroxyl groups is 1. The minimum Gasteiger partial charge on any atom is -0.480 e. The van der Waals surface area contributed by atoms with E-state index in [9.17, 15) is 14.7 Å². The van der Waals surface area contributed by atoms with Crippen molar-refractivity contribution in [3.63, 3.8) is 0 Å². The number of hydrogen-bond donors (Lipinski definition) is 3. The van der Waals surface area contributed by atoms with E-state index in [0.717, 1.165) is 29.5 Å².